The molecule has 5 heteroatoms. The monoisotopic (exact) mass is 329 g/mol. The molecule has 0 aliphatic heterocycles. The van der Waals surface area contributed by atoms with Gasteiger partial charge in [0.05, 0.1) is 14.2 Å². The molecule has 24 heavy (non-hydrogen) atoms. The van der Waals surface area contributed by atoms with Crippen LogP contribution in [0.3, 0.4) is 0 Å². The molecule has 1 amide bonds. The van der Waals surface area contributed by atoms with Crippen LogP contribution in [0.1, 0.15) is 18.9 Å². The molecule has 5 nitrogen and oxygen atoms in total. The quantitative estimate of drug-likeness (QED) is 0.839. The molecule has 2 aromatic carbocycles. The van der Waals surface area contributed by atoms with E-state index < -0.39 is 6.10 Å². The Labute approximate surface area is 142 Å². The Balaban J connectivity index is 2.09. The summed E-state index contributed by atoms with van der Waals surface area (Å²) >= 11 is 0. The molecule has 1 N–H and O–H groups in total. The third-order valence-electron chi connectivity index (χ3n) is 3.58. The standard InChI is InChI=1S/C19H23NO4/c1-5-16(24-15-8-6-7-13(2)11-15)19(21)20-14-9-10-17(22-3)18(12-14)23-4/h6-12,16H,5H2,1-4H3,(H,20,21)/t16-/m1/s1. The number of hydrogen-bond donors (Lipinski definition) is 1. The van der Waals surface area contributed by atoms with E-state index in [9.17, 15) is 4.79 Å². The highest BCUT2D eigenvalue weighted by molar-refractivity contribution is 5.94. The topological polar surface area (TPSA) is 56.8 Å². The number of rotatable bonds is 7. The minimum atomic E-state index is -0.570. The van der Waals surface area contributed by atoms with Gasteiger partial charge in [-0.05, 0) is 43.2 Å². The summed E-state index contributed by atoms with van der Waals surface area (Å²) in [6.45, 7) is 3.90. The normalized spacial score (nSPS) is 11.5. The lowest BCUT2D eigenvalue weighted by Crippen LogP contribution is -2.32. The summed E-state index contributed by atoms with van der Waals surface area (Å²) in [4.78, 5) is 12.5. The van der Waals surface area contributed by atoms with Crippen LogP contribution in [0.25, 0.3) is 0 Å². The van der Waals surface area contributed by atoms with Crippen molar-refractivity contribution in [2.45, 2.75) is 26.4 Å². The molecule has 2 aromatic rings. The number of carbonyl (C=O) groups is 1. The summed E-state index contributed by atoms with van der Waals surface area (Å²) in [6.07, 6.45) is -0.00698. The van der Waals surface area contributed by atoms with E-state index in [4.69, 9.17) is 14.2 Å². The van der Waals surface area contributed by atoms with Crippen molar-refractivity contribution >= 4 is 11.6 Å². The molecule has 0 aliphatic rings. The lowest BCUT2D eigenvalue weighted by atomic mass is 10.2. The molecule has 0 fully saturated rings. The number of amides is 1. The molecule has 1 atom stereocenters. The van der Waals surface area contributed by atoms with Gasteiger partial charge >= 0.3 is 0 Å². The maximum absolute atomic E-state index is 12.5. The summed E-state index contributed by atoms with van der Waals surface area (Å²) < 4.78 is 16.3. The van der Waals surface area contributed by atoms with Gasteiger partial charge in [-0.3, -0.25) is 4.79 Å². The molecular weight excluding hydrogens is 306 g/mol. The first-order valence-electron chi connectivity index (χ1n) is 7.83. The van der Waals surface area contributed by atoms with Crippen LogP contribution in [0.5, 0.6) is 17.2 Å². The van der Waals surface area contributed by atoms with Crippen LogP contribution >= 0.6 is 0 Å². The molecule has 0 bridgehead atoms. The number of aryl methyl sites for hydroxylation is 1. The van der Waals surface area contributed by atoms with Gasteiger partial charge in [0.2, 0.25) is 0 Å². The van der Waals surface area contributed by atoms with Gasteiger partial charge in [-0.1, -0.05) is 19.1 Å². The van der Waals surface area contributed by atoms with Gasteiger partial charge in [0, 0.05) is 11.8 Å². The molecule has 0 radical (unpaired) electrons. The Kier molecular flexibility index (Phi) is 6.07. The second kappa shape index (κ2) is 8.24. The molecule has 0 aliphatic carbocycles. The molecule has 2 rings (SSSR count). The van der Waals surface area contributed by atoms with Gasteiger partial charge in [0.1, 0.15) is 5.75 Å². The van der Waals surface area contributed by atoms with Crippen LogP contribution in [-0.4, -0.2) is 26.2 Å². The number of methoxy groups -OCH3 is 2. The van der Waals surface area contributed by atoms with Crippen molar-refractivity contribution in [3.8, 4) is 17.2 Å². The summed E-state index contributed by atoms with van der Waals surface area (Å²) in [7, 11) is 3.12. The predicted molar refractivity (Wildman–Crippen MR) is 94.1 cm³/mol. The van der Waals surface area contributed by atoms with E-state index in [-0.39, 0.29) is 5.91 Å². The van der Waals surface area contributed by atoms with Gasteiger partial charge in [-0.2, -0.15) is 0 Å². The van der Waals surface area contributed by atoms with Crippen LogP contribution < -0.4 is 19.5 Å². The van der Waals surface area contributed by atoms with Crippen molar-refractivity contribution in [2.75, 3.05) is 19.5 Å². The van der Waals surface area contributed by atoms with Gasteiger partial charge < -0.3 is 19.5 Å². The van der Waals surface area contributed by atoms with Gasteiger partial charge in [-0.15, -0.1) is 0 Å². The molecule has 0 saturated heterocycles. The Bertz CT molecular complexity index is 700. The molecule has 0 saturated carbocycles. The van der Waals surface area contributed by atoms with Crippen molar-refractivity contribution in [2.24, 2.45) is 0 Å². The SMILES string of the molecule is CC[C@@H](Oc1cccc(C)c1)C(=O)Nc1ccc(OC)c(OC)c1. The van der Waals surface area contributed by atoms with E-state index in [1.165, 1.54) is 0 Å². The van der Waals surface area contributed by atoms with E-state index in [2.05, 4.69) is 5.32 Å². The fourth-order valence-electron chi connectivity index (χ4n) is 2.31. The minimum Gasteiger partial charge on any atom is -0.493 e. The lowest BCUT2D eigenvalue weighted by Gasteiger charge is -2.18. The zero-order valence-electron chi connectivity index (χ0n) is 14.5. The molecule has 0 spiro atoms. The average Bonchev–Trinajstić information content (AvgIpc) is 2.59. The smallest absolute Gasteiger partial charge is 0.265 e. The van der Waals surface area contributed by atoms with Crippen LogP contribution in [-0.2, 0) is 4.79 Å². The molecule has 128 valence electrons. The third-order valence-corrected chi connectivity index (χ3v) is 3.58. The first kappa shape index (κ1) is 17.7. The Morgan fingerprint density at radius 1 is 1.08 bits per heavy atom. The largest absolute Gasteiger partial charge is 0.493 e. The van der Waals surface area contributed by atoms with E-state index in [1.807, 2.05) is 38.1 Å². The lowest BCUT2D eigenvalue weighted by molar-refractivity contribution is -0.122. The average molecular weight is 329 g/mol. The molecule has 0 unspecified atom stereocenters. The van der Waals surface area contributed by atoms with Gasteiger partial charge in [0.25, 0.3) is 5.91 Å². The predicted octanol–water partition coefficient (Wildman–Crippen LogP) is 3.81. The first-order valence-corrected chi connectivity index (χ1v) is 7.83. The zero-order chi connectivity index (χ0) is 17.5. The second-order valence-corrected chi connectivity index (χ2v) is 5.39. The van der Waals surface area contributed by atoms with E-state index in [0.29, 0.717) is 29.4 Å². The van der Waals surface area contributed by atoms with Crippen molar-refractivity contribution < 1.29 is 19.0 Å². The fraction of sp³-hybridized carbons (Fsp3) is 0.316. The minimum absolute atomic E-state index is 0.203. The summed E-state index contributed by atoms with van der Waals surface area (Å²) in [6, 6.07) is 12.9. The van der Waals surface area contributed by atoms with Gasteiger partial charge in [0.15, 0.2) is 17.6 Å². The van der Waals surface area contributed by atoms with Crippen LogP contribution in [0.15, 0.2) is 42.5 Å². The van der Waals surface area contributed by atoms with Crippen LogP contribution in [0.4, 0.5) is 5.69 Å². The molecule has 0 aromatic heterocycles. The maximum Gasteiger partial charge on any atom is 0.265 e. The number of carbonyl (C=O) groups excluding carboxylic acids is 1. The van der Waals surface area contributed by atoms with Gasteiger partial charge in [-0.25, -0.2) is 0 Å². The second-order valence-electron chi connectivity index (χ2n) is 5.39. The molecular formula is C19H23NO4. The molecule has 0 heterocycles. The highest BCUT2D eigenvalue weighted by Crippen LogP contribution is 2.30. The summed E-state index contributed by atoms with van der Waals surface area (Å²) in [5.41, 5.74) is 1.71. The highest BCUT2D eigenvalue weighted by Gasteiger charge is 2.19. The van der Waals surface area contributed by atoms with Crippen molar-refractivity contribution in [3.63, 3.8) is 0 Å². The van der Waals surface area contributed by atoms with E-state index in [1.54, 1.807) is 32.4 Å². The Morgan fingerprint density at radius 3 is 2.46 bits per heavy atom. The van der Waals surface area contributed by atoms with E-state index >= 15 is 0 Å². The van der Waals surface area contributed by atoms with Crippen molar-refractivity contribution in [1.82, 2.24) is 0 Å². The maximum atomic E-state index is 12.5. The number of hydrogen-bond acceptors (Lipinski definition) is 4. The van der Waals surface area contributed by atoms with Crippen molar-refractivity contribution in [1.29, 1.82) is 0 Å². The van der Waals surface area contributed by atoms with Crippen LogP contribution in [0.2, 0.25) is 0 Å². The first-order chi connectivity index (χ1) is 11.6. The third kappa shape index (κ3) is 4.41. The number of benzene rings is 2. The number of ether oxygens (including phenoxy) is 3. The van der Waals surface area contributed by atoms with Crippen LogP contribution in [0, 0.1) is 6.92 Å². The highest BCUT2D eigenvalue weighted by atomic mass is 16.5. The number of anilines is 1. The van der Waals surface area contributed by atoms with E-state index in [0.717, 1.165) is 5.56 Å². The Hall–Kier alpha value is -2.69. The number of nitrogens with one attached hydrogen (secondary N) is 1. The van der Waals surface area contributed by atoms with Crippen molar-refractivity contribution in [3.05, 3.63) is 48.0 Å². The summed E-state index contributed by atoms with van der Waals surface area (Å²) in [5.74, 6) is 1.65. The summed E-state index contributed by atoms with van der Waals surface area (Å²) in [5, 5.41) is 2.85. The zero-order valence-corrected chi connectivity index (χ0v) is 14.5. The Morgan fingerprint density at radius 2 is 1.83 bits per heavy atom. The fourth-order valence-corrected chi connectivity index (χ4v) is 2.31.